The SMILES string of the molecule is O=C(CCc1ncccn1)Nc1ccc(OC2CCCC2)nc1. The lowest BCUT2D eigenvalue weighted by Gasteiger charge is -2.12. The Morgan fingerprint density at radius 2 is 1.96 bits per heavy atom. The fourth-order valence-electron chi connectivity index (χ4n) is 2.61. The van der Waals surface area contributed by atoms with Gasteiger partial charge in [-0.25, -0.2) is 15.0 Å². The van der Waals surface area contributed by atoms with E-state index in [2.05, 4.69) is 20.3 Å². The zero-order chi connectivity index (χ0) is 15.9. The van der Waals surface area contributed by atoms with Crippen molar-refractivity contribution in [2.75, 3.05) is 5.32 Å². The molecule has 1 N–H and O–H groups in total. The number of amides is 1. The molecule has 1 aliphatic rings. The number of hydrogen-bond acceptors (Lipinski definition) is 5. The molecule has 3 rings (SSSR count). The van der Waals surface area contributed by atoms with Crippen LogP contribution in [-0.4, -0.2) is 27.0 Å². The van der Waals surface area contributed by atoms with Crippen LogP contribution in [0, 0.1) is 0 Å². The second-order valence-corrected chi connectivity index (χ2v) is 5.62. The molecule has 0 unspecified atom stereocenters. The Kier molecular flexibility index (Phi) is 5.13. The van der Waals surface area contributed by atoms with Gasteiger partial charge >= 0.3 is 0 Å². The number of pyridine rings is 1. The first-order chi connectivity index (χ1) is 11.3. The number of hydrogen-bond donors (Lipinski definition) is 1. The normalized spacial score (nSPS) is 14.6. The molecular formula is C17H20N4O2. The van der Waals surface area contributed by atoms with E-state index >= 15 is 0 Å². The molecule has 0 saturated heterocycles. The summed E-state index contributed by atoms with van der Waals surface area (Å²) >= 11 is 0. The van der Waals surface area contributed by atoms with Crippen LogP contribution in [0.15, 0.2) is 36.8 Å². The second-order valence-electron chi connectivity index (χ2n) is 5.62. The Morgan fingerprint density at radius 3 is 2.65 bits per heavy atom. The third-order valence-corrected chi connectivity index (χ3v) is 3.80. The minimum atomic E-state index is -0.0799. The smallest absolute Gasteiger partial charge is 0.224 e. The zero-order valence-corrected chi connectivity index (χ0v) is 12.9. The molecule has 0 bridgehead atoms. The van der Waals surface area contributed by atoms with Gasteiger partial charge in [0.15, 0.2) is 0 Å². The molecule has 23 heavy (non-hydrogen) atoms. The van der Waals surface area contributed by atoms with E-state index in [9.17, 15) is 4.79 Å². The first-order valence-electron chi connectivity index (χ1n) is 7.98. The molecule has 2 aromatic heterocycles. The van der Waals surface area contributed by atoms with Crippen molar-refractivity contribution in [3.63, 3.8) is 0 Å². The van der Waals surface area contributed by atoms with Gasteiger partial charge in [-0.2, -0.15) is 0 Å². The number of carbonyl (C=O) groups is 1. The van der Waals surface area contributed by atoms with Gasteiger partial charge in [0.05, 0.1) is 11.9 Å². The van der Waals surface area contributed by atoms with Crippen LogP contribution in [0.1, 0.15) is 37.9 Å². The van der Waals surface area contributed by atoms with E-state index in [1.165, 1.54) is 12.8 Å². The lowest BCUT2D eigenvalue weighted by atomic mass is 10.2. The van der Waals surface area contributed by atoms with Gasteiger partial charge in [0.1, 0.15) is 11.9 Å². The van der Waals surface area contributed by atoms with Gasteiger partial charge in [0, 0.05) is 31.3 Å². The summed E-state index contributed by atoms with van der Waals surface area (Å²) in [7, 11) is 0. The number of aromatic nitrogens is 3. The molecule has 2 aromatic rings. The summed E-state index contributed by atoms with van der Waals surface area (Å²) < 4.78 is 5.80. The lowest BCUT2D eigenvalue weighted by molar-refractivity contribution is -0.116. The average Bonchev–Trinajstić information content (AvgIpc) is 3.09. The fourth-order valence-corrected chi connectivity index (χ4v) is 2.61. The Labute approximate surface area is 135 Å². The van der Waals surface area contributed by atoms with Crippen LogP contribution in [0.5, 0.6) is 5.88 Å². The lowest BCUT2D eigenvalue weighted by Crippen LogP contribution is -2.14. The Bertz CT molecular complexity index is 625. The average molecular weight is 312 g/mol. The van der Waals surface area contributed by atoms with Crippen molar-refractivity contribution in [1.29, 1.82) is 0 Å². The Balaban J connectivity index is 1.46. The molecule has 120 valence electrons. The van der Waals surface area contributed by atoms with E-state index in [4.69, 9.17) is 4.74 Å². The van der Waals surface area contributed by atoms with E-state index < -0.39 is 0 Å². The van der Waals surface area contributed by atoms with E-state index in [-0.39, 0.29) is 12.0 Å². The molecule has 0 atom stereocenters. The number of rotatable bonds is 6. The van der Waals surface area contributed by atoms with E-state index in [1.54, 1.807) is 30.7 Å². The molecule has 1 saturated carbocycles. The highest BCUT2D eigenvalue weighted by molar-refractivity contribution is 5.90. The summed E-state index contributed by atoms with van der Waals surface area (Å²) in [4.78, 5) is 24.4. The van der Waals surface area contributed by atoms with E-state index in [1.807, 2.05) is 6.07 Å². The van der Waals surface area contributed by atoms with Crippen molar-refractivity contribution in [3.05, 3.63) is 42.6 Å². The minimum Gasteiger partial charge on any atom is -0.474 e. The van der Waals surface area contributed by atoms with Crippen LogP contribution in [-0.2, 0) is 11.2 Å². The monoisotopic (exact) mass is 312 g/mol. The van der Waals surface area contributed by atoms with Crippen LogP contribution in [0.4, 0.5) is 5.69 Å². The van der Waals surface area contributed by atoms with Crippen LogP contribution < -0.4 is 10.1 Å². The summed E-state index contributed by atoms with van der Waals surface area (Å²) in [5, 5.41) is 2.82. The summed E-state index contributed by atoms with van der Waals surface area (Å²) in [6.45, 7) is 0. The van der Waals surface area contributed by atoms with E-state index in [0.29, 0.717) is 30.2 Å². The number of nitrogens with zero attached hydrogens (tertiary/aromatic N) is 3. The first kappa shape index (κ1) is 15.4. The van der Waals surface area contributed by atoms with Crippen LogP contribution in [0.3, 0.4) is 0 Å². The van der Waals surface area contributed by atoms with Gasteiger partial charge in [-0.05, 0) is 37.8 Å². The van der Waals surface area contributed by atoms with Gasteiger partial charge in [0.2, 0.25) is 11.8 Å². The van der Waals surface area contributed by atoms with E-state index in [0.717, 1.165) is 12.8 Å². The number of carbonyl (C=O) groups excluding carboxylic acids is 1. The number of nitrogens with one attached hydrogen (secondary N) is 1. The van der Waals surface area contributed by atoms with Crippen molar-refractivity contribution in [1.82, 2.24) is 15.0 Å². The van der Waals surface area contributed by atoms with Crippen molar-refractivity contribution >= 4 is 11.6 Å². The molecule has 6 heteroatoms. The highest BCUT2D eigenvalue weighted by Gasteiger charge is 2.16. The van der Waals surface area contributed by atoms with Crippen molar-refractivity contribution in [3.8, 4) is 5.88 Å². The minimum absolute atomic E-state index is 0.0799. The fraction of sp³-hybridized carbons (Fsp3) is 0.412. The number of anilines is 1. The maximum Gasteiger partial charge on any atom is 0.224 e. The molecule has 6 nitrogen and oxygen atoms in total. The molecule has 0 radical (unpaired) electrons. The standard InChI is InChI=1S/C17H20N4O2/c22-16(8-7-15-18-10-3-11-19-15)21-13-6-9-17(20-12-13)23-14-4-1-2-5-14/h3,6,9-12,14H,1-2,4-5,7-8H2,(H,21,22). The first-order valence-corrected chi connectivity index (χ1v) is 7.98. The van der Waals surface area contributed by atoms with Crippen LogP contribution >= 0.6 is 0 Å². The Morgan fingerprint density at radius 1 is 1.17 bits per heavy atom. The number of ether oxygens (including phenoxy) is 1. The summed E-state index contributed by atoms with van der Waals surface area (Å²) in [6.07, 6.45) is 10.8. The summed E-state index contributed by atoms with van der Waals surface area (Å²) in [6, 6.07) is 5.37. The molecular weight excluding hydrogens is 292 g/mol. The van der Waals surface area contributed by atoms with Gasteiger partial charge < -0.3 is 10.1 Å². The zero-order valence-electron chi connectivity index (χ0n) is 12.9. The van der Waals surface area contributed by atoms with Crippen molar-refractivity contribution < 1.29 is 9.53 Å². The molecule has 0 spiro atoms. The Hall–Kier alpha value is -2.50. The van der Waals surface area contributed by atoms with Gasteiger partial charge in [-0.3, -0.25) is 4.79 Å². The third kappa shape index (κ3) is 4.74. The quantitative estimate of drug-likeness (QED) is 0.887. The number of aryl methyl sites for hydroxylation is 1. The van der Waals surface area contributed by atoms with Gasteiger partial charge in [-0.1, -0.05) is 0 Å². The highest BCUT2D eigenvalue weighted by atomic mass is 16.5. The second kappa shape index (κ2) is 7.67. The highest BCUT2D eigenvalue weighted by Crippen LogP contribution is 2.23. The topological polar surface area (TPSA) is 77.0 Å². The van der Waals surface area contributed by atoms with Gasteiger partial charge in [0.25, 0.3) is 0 Å². The maximum atomic E-state index is 11.9. The van der Waals surface area contributed by atoms with Crippen molar-refractivity contribution in [2.24, 2.45) is 0 Å². The van der Waals surface area contributed by atoms with Crippen molar-refractivity contribution in [2.45, 2.75) is 44.6 Å². The molecule has 1 fully saturated rings. The van der Waals surface area contributed by atoms with Gasteiger partial charge in [-0.15, -0.1) is 0 Å². The molecule has 0 aromatic carbocycles. The predicted octanol–water partition coefficient (Wildman–Crippen LogP) is 2.76. The molecule has 1 amide bonds. The predicted molar refractivity (Wildman–Crippen MR) is 86.1 cm³/mol. The summed E-state index contributed by atoms with van der Waals surface area (Å²) in [5.41, 5.74) is 0.669. The molecule has 1 aliphatic carbocycles. The summed E-state index contributed by atoms with van der Waals surface area (Å²) in [5.74, 6) is 1.21. The van der Waals surface area contributed by atoms with Crippen LogP contribution in [0.25, 0.3) is 0 Å². The molecule has 0 aliphatic heterocycles. The third-order valence-electron chi connectivity index (χ3n) is 3.80. The maximum absolute atomic E-state index is 11.9. The molecule has 2 heterocycles. The van der Waals surface area contributed by atoms with Crippen LogP contribution in [0.2, 0.25) is 0 Å². The largest absolute Gasteiger partial charge is 0.474 e.